The Hall–Kier alpha value is -0.490. The molecule has 1 spiro atoms. The lowest BCUT2D eigenvalue weighted by molar-refractivity contribution is -0.204. The fourth-order valence-electron chi connectivity index (χ4n) is 4.05. The molecule has 1 saturated carbocycles. The van der Waals surface area contributed by atoms with E-state index in [4.69, 9.17) is 14.3 Å². The summed E-state index contributed by atoms with van der Waals surface area (Å²) in [4.78, 5) is 16.8. The van der Waals surface area contributed by atoms with Crippen molar-refractivity contribution in [1.82, 2.24) is 5.06 Å². The standard InChI is InChI=1S/C14H21NO4/c16-8-10-6-11-7-12(15(10)19-11)13-9-17-14(18-13)4-2-1-3-5-14/h8,10-13H,1-7,9H2/t10-,11-,12+,13-/m1/s1. The Kier molecular flexibility index (Phi) is 2.92. The Morgan fingerprint density at radius 3 is 2.74 bits per heavy atom. The van der Waals surface area contributed by atoms with E-state index in [0.29, 0.717) is 6.61 Å². The topological polar surface area (TPSA) is 48.0 Å². The van der Waals surface area contributed by atoms with Crippen LogP contribution in [0.5, 0.6) is 0 Å². The summed E-state index contributed by atoms with van der Waals surface area (Å²) >= 11 is 0. The largest absolute Gasteiger partial charge is 0.347 e. The lowest BCUT2D eigenvalue weighted by atomic mass is 9.93. The Bertz CT molecular complexity index is 368. The normalized spacial score (nSPS) is 47.9. The maximum absolute atomic E-state index is 11.1. The van der Waals surface area contributed by atoms with Gasteiger partial charge in [-0.3, -0.25) is 4.84 Å². The fraction of sp³-hybridized carbons (Fsp3) is 0.929. The van der Waals surface area contributed by atoms with Gasteiger partial charge in [-0.25, -0.2) is 0 Å². The van der Waals surface area contributed by atoms with Crippen LogP contribution in [-0.4, -0.2) is 48.0 Å². The minimum absolute atomic E-state index is 0.0610. The average Bonchev–Trinajstić information content (AvgIpc) is 3.13. The fourth-order valence-corrected chi connectivity index (χ4v) is 4.05. The number of fused-ring (bicyclic) bond motifs is 2. The second-order valence-corrected chi connectivity index (χ2v) is 6.27. The summed E-state index contributed by atoms with van der Waals surface area (Å²) in [6.45, 7) is 0.642. The lowest BCUT2D eigenvalue weighted by Crippen LogP contribution is -2.47. The van der Waals surface area contributed by atoms with Gasteiger partial charge in [0.15, 0.2) is 5.79 Å². The summed E-state index contributed by atoms with van der Waals surface area (Å²) in [7, 11) is 0. The van der Waals surface area contributed by atoms with Gasteiger partial charge in [-0.05, 0) is 19.3 Å². The van der Waals surface area contributed by atoms with Crippen LogP contribution >= 0.6 is 0 Å². The van der Waals surface area contributed by atoms with Crippen molar-refractivity contribution in [1.29, 1.82) is 0 Å². The molecule has 0 aromatic heterocycles. The molecular weight excluding hydrogens is 246 g/mol. The summed E-state index contributed by atoms with van der Waals surface area (Å²) in [6, 6.07) is 0.102. The quantitative estimate of drug-likeness (QED) is 0.708. The number of rotatable bonds is 2. The number of ether oxygens (including phenoxy) is 2. The van der Waals surface area contributed by atoms with Crippen LogP contribution in [0.1, 0.15) is 44.9 Å². The molecule has 3 saturated heterocycles. The average molecular weight is 267 g/mol. The van der Waals surface area contributed by atoms with Crippen molar-refractivity contribution >= 4 is 6.29 Å². The number of aldehydes is 1. The molecule has 0 N–H and O–H groups in total. The van der Waals surface area contributed by atoms with Crippen LogP contribution in [-0.2, 0) is 19.1 Å². The molecule has 0 radical (unpaired) electrons. The third kappa shape index (κ3) is 1.95. The molecule has 4 fully saturated rings. The van der Waals surface area contributed by atoms with E-state index in [9.17, 15) is 4.79 Å². The minimum Gasteiger partial charge on any atom is -0.347 e. The minimum atomic E-state index is -0.331. The molecule has 1 aliphatic carbocycles. The van der Waals surface area contributed by atoms with Crippen LogP contribution in [0, 0.1) is 0 Å². The van der Waals surface area contributed by atoms with Crippen molar-refractivity contribution in [3.8, 4) is 0 Å². The molecule has 0 aromatic rings. The highest BCUT2D eigenvalue weighted by Gasteiger charge is 2.53. The predicted molar refractivity (Wildman–Crippen MR) is 66.2 cm³/mol. The summed E-state index contributed by atoms with van der Waals surface area (Å²) < 4.78 is 12.2. The van der Waals surface area contributed by atoms with E-state index in [1.807, 2.05) is 5.06 Å². The predicted octanol–water partition coefficient (Wildman–Crippen LogP) is 1.41. The molecule has 1 unspecified atom stereocenters. The third-order valence-electron chi connectivity index (χ3n) is 5.01. The zero-order chi connectivity index (χ0) is 12.9. The maximum Gasteiger partial charge on any atom is 0.168 e. The number of hydroxylamine groups is 2. The molecular formula is C14H21NO4. The van der Waals surface area contributed by atoms with Crippen molar-refractivity contribution < 1.29 is 19.1 Å². The van der Waals surface area contributed by atoms with Gasteiger partial charge in [0.2, 0.25) is 0 Å². The molecule has 5 heteroatoms. The highest BCUT2D eigenvalue weighted by molar-refractivity contribution is 5.58. The van der Waals surface area contributed by atoms with Gasteiger partial charge in [-0.1, -0.05) is 6.42 Å². The van der Waals surface area contributed by atoms with E-state index in [0.717, 1.165) is 32.0 Å². The van der Waals surface area contributed by atoms with Crippen molar-refractivity contribution in [2.75, 3.05) is 6.61 Å². The first-order valence-electron chi connectivity index (χ1n) is 7.52. The number of carbonyl (C=O) groups is 1. The van der Waals surface area contributed by atoms with E-state index in [1.54, 1.807) is 0 Å². The number of hydrogen-bond donors (Lipinski definition) is 0. The van der Waals surface area contributed by atoms with Gasteiger partial charge in [-0.2, -0.15) is 5.06 Å². The Labute approximate surface area is 113 Å². The number of piperidine rings is 1. The summed E-state index contributed by atoms with van der Waals surface area (Å²) in [5.41, 5.74) is 0. The molecule has 3 aliphatic heterocycles. The molecule has 3 heterocycles. The van der Waals surface area contributed by atoms with Crippen molar-refractivity contribution in [2.24, 2.45) is 0 Å². The van der Waals surface area contributed by atoms with E-state index in [2.05, 4.69) is 0 Å². The van der Waals surface area contributed by atoms with Crippen LogP contribution in [0.3, 0.4) is 0 Å². The summed E-state index contributed by atoms with van der Waals surface area (Å²) in [6.07, 6.45) is 8.75. The van der Waals surface area contributed by atoms with Gasteiger partial charge >= 0.3 is 0 Å². The van der Waals surface area contributed by atoms with Crippen molar-refractivity contribution in [3.05, 3.63) is 0 Å². The summed E-state index contributed by atoms with van der Waals surface area (Å²) in [5.74, 6) is -0.331. The first kappa shape index (κ1) is 12.3. The Morgan fingerprint density at radius 2 is 2.00 bits per heavy atom. The Morgan fingerprint density at radius 1 is 1.16 bits per heavy atom. The van der Waals surface area contributed by atoms with Gasteiger partial charge in [0.05, 0.1) is 24.8 Å². The maximum atomic E-state index is 11.1. The van der Waals surface area contributed by atoms with Gasteiger partial charge in [-0.15, -0.1) is 0 Å². The number of hydrogen-bond acceptors (Lipinski definition) is 5. The lowest BCUT2D eigenvalue weighted by Gasteiger charge is -2.34. The van der Waals surface area contributed by atoms with Gasteiger partial charge in [0.25, 0.3) is 0 Å². The first-order valence-corrected chi connectivity index (χ1v) is 7.52. The van der Waals surface area contributed by atoms with Crippen molar-refractivity contribution in [2.45, 2.75) is 75.0 Å². The van der Waals surface area contributed by atoms with Gasteiger partial charge in [0, 0.05) is 19.3 Å². The highest BCUT2D eigenvalue weighted by Crippen LogP contribution is 2.43. The number of carbonyl (C=O) groups excluding carboxylic acids is 1. The highest BCUT2D eigenvalue weighted by atomic mass is 16.8. The van der Waals surface area contributed by atoms with Gasteiger partial charge < -0.3 is 14.3 Å². The van der Waals surface area contributed by atoms with Crippen LogP contribution in [0.25, 0.3) is 0 Å². The first-order chi connectivity index (χ1) is 9.30. The Balaban J connectivity index is 1.45. The van der Waals surface area contributed by atoms with Crippen LogP contribution < -0.4 is 0 Å². The molecule has 106 valence electrons. The van der Waals surface area contributed by atoms with E-state index < -0.39 is 0 Å². The third-order valence-corrected chi connectivity index (χ3v) is 5.01. The molecule has 0 aromatic carbocycles. The molecule has 0 amide bonds. The smallest absolute Gasteiger partial charge is 0.168 e. The van der Waals surface area contributed by atoms with E-state index in [-0.39, 0.29) is 30.1 Å². The molecule has 5 atom stereocenters. The molecule has 19 heavy (non-hydrogen) atoms. The SMILES string of the molecule is O=C[C@H]1C[C@@H]2C[C@@H]([C@H]3COC4(CCCCC4)O3)N1O2. The van der Waals surface area contributed by atoms with Crippen LogP contribution in [0.15, 0.2) is 0 Å². The van der Waals surface area contributed by atoms with E-state index >= 15 is 0 Å². The summed E-state index contributed by atoms with van der Waals surface area (Å²) in [5, 5.41) is 1.87. The molecule has 4 aliphatic rings. The van der Waals surface area contributed by atoms with Crippen molar-refractivity contribution in [3.63, 3.8) is 0 Å². The van der Waals surface area contributed by atoms with Crippen LogP contribution in [0.2, 0.25) is 0 Å². The molecule has 4 rings (SSSR count). The zero-order valence-corrected chi connectivity index (χ0v) is 11.1. The van der Waals surface area contributed by atoms with Crippen LogP contribution in [0.4, 0.5) is 0 Å². The zero-order valence-electron chi connectivity index (χ0n) is 11.1. The monoisotopic (exact) mass is 267 g/mol. The van der Waals surface area contributed by atoms with Gasteiger partial charge in [0.1, 0.15) is 12.4 Å². The van der Waals surface area contributed by atoms with E-state index in [1.165, 1.54) is 19.3 Å². The second kappa shape index (κ2) is 4.52. The number of nitrogens with zero attached hydrogens (tertiary/aromatic N) is 1. The second-order valence-electron chi connectivity index (χ2n) is 6.27. The molecule has 2 bridgehead atoms. The molecule has 5 nitrogen and oxygen atoms in total.